The third kappa shape index (κ3) is 4.50. The van der Waals surface area contributed by atoms with Crippen molar-refractivity contribution in [1.29, 1.82) is 0 Å². The van der Waals surface area contributed by atoms with Crippen LogP contribution in [0.4, 0.5) is 10.1 Å². The fraction of sp³-hybridized carbons (Fsp3) is 0.231. The molecule has 3 aromatic carbocycles. The number of nitrogens with one attached hydrogen (secondary N) is 1. The van der Waals surface area contributed by atoms with Gasteiger partial charge in [-0.3, -0.25) is 9.59 Å². The maximum atomic E-state index is 13.1. The second-order valence-electron chi connectivity index (χ2n) is 8.02. The Morgan fingerprint density at radius 1 is 1.00 bits per heavy atom. The average molecular weight is 416 g/mol. The van der Waals surface area contributed by atoms with Gasteiger partial charge in [-0.15, -0.1) is 0 Å². The SMILES string of the molecule is Cc1cccc(C(=O)N2CCCc3cc(C(=O)N[C@H](C)c4ccc(F)cc4)ccc32)c1. The van der Waals surface area contributed by atoms with E-state index in [9.17, 15) is 14.0 Å². The van der Waals surface area contributed by atoms with Crippen molar-refractivity contribution in [2.45, 2.75) is 32.7 Å². The summed E-state index contributed by atoms with van der Waals surface area (Å²) < 4.78 is 13.1. The summed E-state index contributed by atoms with van der Waals surface area (Å²) in [7, 11) is 0. The van der Waals surface area contributed by atoms with Crippen LogP contribution in [-0.2, 0) is 6.42 Å². The first kappa shape index (κ1) is 20.8. The van der Waals surface area contributed by atoms with Gasteiger partial charge in [0.1, 0.15) is 5.82 Å². The van der Waals surface area contributed by atoms with Crippen LogP contribution < -0.4 is 10.2 Å². The second kappa shape index (κ2) is 8.72. The molecule has 1 atom stereocenters. The fourth-order valence-electron chi connectivity index (χ4n) is 4.00. The van der Waals surface area contributed by atoms with E-state index >= 15 is 0 Å². The highest BCUT2D eigenvalue weighted by Crippen LogP contribution is 2.30. The zero-order valence-electron chi connectivity index (χ0n) is 17.7. The first-order valence-electron chi connectivity index (χ1n) is 10.5. The molecule has 4 nitrogen and oxygen atoms in total. The van der Waals surface area contributed by atoms with Crippen molar-refractivity contribution in [3.63, 3.8) is 0 Å². The van der Waals surface area contributed by atoms with Gasteiger partial charge >= 0.3 is 0 Å². The minimum absolute atomic E-state index is 0.0215. The number of aryl methyl sites for hydroxylation is 2. The summed E-state index contributed by atoms with van der Waals surface area (Å²) in [5, 5.41) is 2.96. The molecular formula is C26H25FN2O2. The minimum atomic E-state index is -0.304. The summed E-state index contributed by atoms with van der Waals surface area (Å²) in [5.41, 5.74) is 4.96. The minimum Gasteiger partial charge on any atom is -0.346 e. The summed E-state index contributed by atoms with van der Waals surface area (Å²) in [6.45, 7) is 4.50. The second-order valence-corrected chi connectivity index (χ2v) is 8.02. The number of carbonyl (C=O) groups is 2. The molecule has 5 heteroatoms. The number of anilines is 1. The highest BCUT2D eigenvalue weighted by Gasteiger charge is 2.25. The van der Waals surface area contributed by atoms with Crippen LogP contribution in [0.15, 0.2) is 66.7 Å². The standard InChI is InChI=1S/C26H25FN2O2/c1-17-5-3-6-22(15-17)26(31)29-14-4-7-20-16-21(10-13-24(20)29)25(30)28-18(2)19-8-11-23(27)12-9-19/h3,5-6,8-13,15-16,18H,4,7,14H2,1-2H3,(H,28,30)/t18-/m1/s1. The number of fused-ring (bicyclic) bond motifs is 1. The van der Waals surface area contributed by atoms with E-state index in [0.29, 0.717) is 17.7 Å². The van der Waals surface area contributed by atoms with Gasteiger partial charge in [0, 0.05) is 23.4 Å². The van der Waals surface area contributed by atoms with Gasteiger partial charge in [-0.2, -0.15) is 0 Å². The molecule has 1 N–H and O–H groups in total. The maximum absolute atomic E-state index is 13.1. The average Bonchev–Trinajstić information content (AvgIpc) is 2.78. The van der Waals surface area contributed by atoms with Crippen molar-refractivity contribution in [3.8, 4) is 0 Å². The number of carbonyl (C=O) groups excluding carboxylic acids is 2. The summed E-state index contributed by atoms with van der Waals surface area (Å²) in [5.74, 6) is -0.518. The highest BCUT2D eigenvalue weighted by molar-refractivity contribution is 6.07. The lowest BCUT2D eigenvalue weighted by molar-refractivity contribution is 0.0939. The Morgan fingerprint density at radius 2 is 1.77 bits per heavy atom. The van der Waals surface area contributed by atoms with Gasteiger partial charge in [-0.05, 0) is 80.3 Å². The molecule has 158 valence electrons. The first-order valence-corrected chi connectivity index (χ1v) is 10.5. The van der Waals surface area contributed by atoms with Gasteiger partial charge in [-0.25, -0.2) is 4.39 Å². The van der Waals surface area contributed by atoms with Crippen LogP contribution in [-0.4, -0.2) is 18.4 Å². The number of benzene rings is 3. The van der Waals surface area contributed by atoms with Crippen LogP contribution in [0.2, 0.25) is 0 Å². The van der Waals surface area contributed by atoms with Crippen LogP contribution in [0.3, 0.4) is 0 Å². The van der Waals surface area contributed by atoms with Crippen molar-refractivity contribution in [3.05, 3.63) is 100 Å². The highest BCUT2D eigenvalue weighted by atomic mass is 19.1. The van der Waals surface area contributed by atoms with E-state index in [2.05, 4.69) is 5.32 Å². The smallest absolute Gasteiger partial charge is 0.258 e. The Kier molecular flexibility index (Phi) is 5.85. The molecule has 0 saturated heterocycles. The Bertz CT molecular complexity index is 1120. The van der Waals surface area contributed by atoms with E-state index in [4.69, 9.17) is 0 Å². The fourth-order valence-corrected chi connectivity index (χ4v) is 4.00. The van der Waals surface area contributed by atoms with Gasteiger partial charge < -0.3 is 10.2 Å². The van der Waals surface area contributed by atoms with Gasteiger partial charge in [0.2, 0.25) is 0 Å². The van der Waals surface area contributed by atoms with Crippen molar-refractivity contribution < 1.29 is 14.0 Å². The molecule has 1 heterocycles. The van der Waals surface area contributed by atoms with E-state index in [1.54, 1.807) is 23.1 Å². The molecule has 3 aromatic rings. The molecule has 4 rings (SSSR count). The van der Waals surface area contributed by atoms with Crippen LogP contribution in [0, 0.1) is 12.7 Å². The van der Waals surface area contributed by atoms with Gasteiger partial charge in [0.05, 0.1) is 6.04 Å². The van der Waals surface area contributed by atoms with E-state index < -0.39 is 0 Å². The van der Waals surface area contributed by atoms with E-state index in [1.165, 1.54) is 12.1 Å². The zero-order chi connectivity index (χ0) is 22.0. The van der Waals surface area contributed by atoms with E-state index in [0.717, 1.165) is 35.2 Å². The number of hydrogen-bond acceptors (Lipinski definition) is 2. The molecule has 0 spiro atoms. The first-order chi connectivity index (χ1) is 14.9. The topological polar surface area (TPSA) is 49.4 Å². The predicted octanol–water partition coefficient (Wildman–Crippen LogP) is 5.22. The van der Waals surface area contributed by atoms with E-state index in [-0.39, 0.29) is 23.7 Å². The van der Waals surface area contributed by atoms with Crippen molar-refractivity contribution >= 4 is 17.5 Å². The monoisotopic (exact) mass is 416 g/mol. The third-order valence-electron chi connectivity index (χ3n) is 5.69. The molecule has 0 bridgehead atoms. The van der Waals surface area contributed by atoms with Gasteiger partial charge in [-0.1, -0.05) is 29.8 Å². The predicted molar refractivity (Wildman–Crippen MR) is 120 cm³/mol. The molecule has 2 amide bonds. The molecule has 0 aromatic heterocycles. The van der Waals surface area contributed by atoms with Crippen LogP contribution in [0.5, 0.6) is 0 Å². The molecule has 1 aliphatic heterocycles. The third-order valence-corrected chi connectivity index (χ3v) is 5.69. The molecule has 31 heavy (non-hydrogen) atoms. The molecule has 0 aliphatic carbocycles. The van der Waals surface area contributed by atoms with Gasteiger partial charge in [0.25, 0.3) is 11.8 Å². The Morgan fingerprint density at radius 3 is 2.52 bits per heavy atom. The summed E-state index contributed by atoms with van der Waals surface area (Å²) in [6.07, 6.45) is 1.67. The molecule has 0 radical (unpaired) electrons. The largest absolute Gasteiger partial charge is 0.346 e. The maximum Gasteiger partial charge on any atom is 0.258 e. The normalized spacial score (nSPS) is 14.0. The zero-order valence-corrected chi connectivity index (χ0v) is 17.7. The molecule has 0 saturated carbocycles. The van der Waals surface area contributed by atoms with Crippen molar-refractivity contribution in [2.75, 3.05) is 11.4 Å². The summed E-state index contributed by atoms with van der Waals surface area (Å²) in [4.78, 5) is 27.7. The lowest BCUT2D eigenvalue weighted by atomic mass is 9.97. The summed E-state index contributed by atoms with van der Waals surface area (Å²) >= 11 is 0. The van der Waals surface area contributed by atoms with E-state index in [1.807, 2.05) is 50.2 Å². The van der Waals surface area contributed by atoms with Gasteiger partial charge in [0.15, 0.2) is 0 Å². The Balaban J connectivity index is 1.53. The van der Waals surface area contributed by atoms with Crippen LogP contribution in [0.25, 0.3) is 0 Å². The molecule has 0 unspecified atom stereocenters. The quantitative estimate of drug-likeness (QED) is 0.634. The van der Waals surface area contributed by atoms with Crippen LogP contribution >= 0.6 is 0 Å². The molecule has 1 aliphatic rings. The van der Waals surface area contributed by atoms with Crippen molar-refractivity contribution in [1.82, 2.24) is 5.32 Å². The van der Waals surface area contributed by atoms with Crippen LogP contribution in [0.1, 0.15) is 56.8 Å². The Hall–Kier alpha value is -3.47. The summed E-state index contributed by atoms with van der Waals surface area (Å²) in [6, 6.07) is 18.9. The lowest BCUT2D eigenvalue weighted by Gasteiger charge is -2.30. The number of rotatable bonds is 4. The van der Waals surface area contributed by atoms with Crippen molar-refractivity contribution in [2.24, 2.45) is 0 Å². The number of halogens is 1. The lowest BCUT2D eigenvalue weighted by Crippen LogP contribution is -2.35. The number of hydrogen-bond donors (Lipinski definition) is 1. The Labute approximate surface area is 181 Å². The molecule has 0 fully saturated rings. The number of nitrogens with zero attached hydrogens (tertiary/aromatic N) is 1. The number of amides is 2. The molecular weight excluding hydrogens is 391 g/mol.